The van der Waals surface area contributed by atoms with Crippen molar-refractivity contribution in [3.63, 3.8) is 0 Å². The van der Waals surface area contributed by atoms with Gasteiger partial charge in [0.25, 0.3) is 0 Å². The van der Waals surface area contributed by atoms with Crippen LogP contribution in [0.5, 0.6) is 17.2 Å². The lowest BCUT2D eigenvalue weighted by atomic mass is 10.2. The molecule has 0 aliphatic rings. The lowest BCUT2D eigenvalue weighted by molar-refractivity contribution is 0.421. The van der Waals surface area contributed by atoms with Crippen LogP contribution in [0.2, 0.25) is 0 Å². The van der Waals surface area contributed by atoms with E-state index >= 15 is 0 Å². The summed E-state index contributed by atoms with van der Waals surface area (Å²) < 4.78 is 23.9. The molecule has 20 heavy (non-hydrogen) atoms. The maximum absolute atomic E-state index is 13.5. The third-order valence-corrected chi connectivity index (χ3v) is 2.78. The van der Waals surface area contributed by atoms with Crippen molar-refractivity contribution < 1.29 is 18.7 Å². The Morgan fingerprint density at radius 2 is 1.90 bits per heavy atom. The number of hydrogen-bond acceptors (Lipinski definition) is 4. The zero-order valence-corrected chi connectivity index (χ0v) is 10.2. The normalized spacial score (nSPS) is 10.7. The maximum atomic E-state index is 13.5. The van der Waals surface area contributed by atoms with Gasteiger partial charge in [-0.2, -0.15) is 0 Å². The highest BCUT2D eigenvalue weighted by Crippen LogP contribution is 2.24. The van der Waals surface area contributed by atoms with Crippen molar-refractivity contribution in [1.29, 1.82) is 0 Å². The van der Waals surface area contributed by atoms with Gasteiger partial charge in [0, 0.05) is 6.07 Å². The van der Waals surface area contributed by atoms with Gasteiger partial charge >= 0.3 is 0 Å². The Bertz CT molecular complexity index is 839. The van der Waals surface area contributed by atoms with E-state index in [9.17, 15) is 14.3 Å². The van der Waals surface area contributed by atoms with Gasteiger partial charge in [-0.05, 0) is 24.3 Å². The summed E-state index contributed by atoms with van der Waals surface area (Å²) >= 11 is 0. The fourth-order valence-corrected chi connectivity index (χ4v) is 1.82. The minimum atomic E-state index is -0.572. The number of phenolic OH excluding ortho intramolecular Hbond substituents is 1. The predicted molar refractivity (Wildman–Crippen MR) is 70.6 cm³/mol. The molecule has 1 aromatic heterocycles. The molecule has 0 saturated carbocycles. The van der Waals surface area contributed by atoms with E-state index in [1.54, 1.807) is 6.07 Å². The molecule has 0 aliphatic heterocycles. The van der Waals surface area contributed by atoms with E-state index in [0.29, 0.717) is 0 Å². The van der Waals surface area contributed by atoms with Crippen molar-refractivity contribution in [3.05, 3.63) is 64.8 Å². The molecule has 0 bridgehead atoms. The molecule has 1 heterocycles. The number of halogens is 1. The average molecular weight is 272 g/mol. The van der Waals surface area contributed by atoms with Gasteiger partial charge in [0.05, 0.1) is 5.39 Å². The molecule has 3 aromatic rings. The molecule has 2 aromatic carbocycles. The zero-order chi connectivity index (χ0) is 14.1. The maximum Gasteiger partial charge on any atom is 0.235 e. The zero-order valence-electron chi connectivity index (χ0n) is 10.2. The van der Waals surface area contributed by atoms with Crippen molar-refractivity contribution in [3.8, 4) is 17.2 Å². The van der Waals surface area contributed by atoms with Gasteiger partial charge < -0.3 is 14.3 Å². The van der Waals surface area contributed by atoms with Gasteiger partial charge in [-0.15, -0.1) is 0 Å². The van der Waals surface area contributed by atoms with Gasteiger partial charge in [-0.3, -0.25) is 4.79 Å². The van der Waals surface area contributed by atoms with E-state index in [2.05, 4.69) is 0 Å². The van der Waals surface area contributed by atoms with Crippen LogP contribution >= 0.6 is 0 Å². The van der Waals surface area contributed by atoms with Crippen LogP contribution in [-0.4, -0.2) is 5.11 Å². The molecule has 3 rings (SSSR count). The van der Waals surface area contributed by atoms with Crippen LogP contribution in [0.25, 0.3) is 11.0 Å². The van der Waals surface area contributed by atoms with Gasteiger partial charge in [0.1, 0.15) is 17.6 Å². The molecule has 0 saturated heterocycles. The molecule has 100 valence electrons. The third kappa shape index (κ3) is 2.09. The van der Waals surface area contributed by atoms with Gasteiger partial charge in [0.2, 0.25) is 11.2 Å². The number of ether oxygens (including phenoxy) is 1. The summed E-state index contributed by atoms with van der Waals surface area (Å²) in [6.07, 6.45) is 1.09. The van der Waals surface area contributed by atoms with Gasteiger partial charge in [-0.1, -0.05) is 12.1 Å². The summed E-state index contributed by atoms with van der Waals surface area (Å²) in [5, 5.41) is 9.57. The Kier molecular flexibility index (Phi) is 2.87. The van der Waals surface area contributed by atoms with Crippen LogP contribution in [0.4, 0.5) is 4.39 Å². The van der Waals surface area contributed by atoms with Crippen LogP contribution in [0.15, 0.2) is 57.9 Å². The van der Waals surface area contributed by atoms with Crippen LogP contribution in [0, 0.1) is 5.82 Å². The third-order valence-electron chi connectivity index (χ3n) is 2.78. The molecule has 0 aliphatic carbocycles. The minimum Gasteiger partial charge on any atom is -0.508 e. The van der Waals surface area contributed by atoms with Crippen molar-refractivity contribution in [2.24, 2.45) is 0 Å². The predicted octanol–water partition coefficient (Wildman–Crippen LogP) is 3.43. The highest BCUT2D eigenvalue weighted by Gasteiger charge is 2.11. The smallest absolute Gasteiger partial charge is 0.235 e. The van der Waals surface area contributed by atoms with Crippen LogP contribution in [-0.2, 0) is 0 Å². The molecule has 0 fully saturated rings. The number of phenols is 1. The standard InChI is InChI=1S/C15H9FO4/c16-11-3-1-2-4-12(11)20-14-8-19-13-7-9(17)5-6-10(13)15(14)18/h1-8,17H. The SMILES string of the molecule is O=c1c(Oc2ccccc2F)coc2cc(O)ccc12. The van der Waals surface area contributed by atoms with E-state index in [4.69, 9.17) is 9.15 Å². The summed E-state index contributed by atoms with van der Waals surface area (Å²) in [7, 11) is 0. The first-order chi connectivity index (χ1) is 9.65. The first kappa shape index (κ1) is 12.2. The Morgan fingerprint density at radius 3 is 2.70 bits per heavy atom. The second kappa shape index (κ2) is 4.70. The topological polar surface area (TPSA) is 59.7 Å². The van der Waals surface area contributed by atoms with Crippen molar-refractivity contribution in [2.45, 2.75) is 0 Å². The number of para-hydroxylation sites is 1. The van der Waals surface area contributed by atoms with Gasteiger partial charge in [0.15, 0.2) is 11.6 Å². The first-order valence-electron chi connectivity index (χ1n) is 5.82. The number of benzene rings is 2. The minimum absolute atomic E-state index is 0.0107. The highest BCUT2D eigenvalue weighted by molar-refractivity contribution is 5.78. The fraction of sp³-hybridized carbons (Fsp3) is 0. The Labute approximate surface area is 112 Å². The van der Waals surface area contributed by atoms with Crippen LogP contribution < -0.4 is 10.2 Å². The molecule has 0 radical (unpaired) electrons. The van der Waals surface area contributed by atoms with Crippen molar-refractivity contribution in [1.82, 2.24) is 0 Å². The van der Waals surface area contributed by atoms with E-state index < -0.39 is 11.2 Å². The average Bonchev–Trinajstić information content (AvgIpc) is 2.44. The molecule has 0 spiro atoms. The van der Waals surface area contributed by atoms with E-state index in [-0.39, 0.29) is 28.2 Å². The molecule has 0 atom stereocenters. The Morgan fingerprint density at radius 1 is 1.10 bits per heavy atom. The molecule has 1 N–H and O–H groups in total. The quantitative estimate of drug-likeness (QED) is 0.776. The first-order valence-corrected chi connectivity index (χ1v) is 5.82. The molecule has 0 unspecified atom stereocenters. The van der Waals surface area contributed by atoms with E-state index in [0.717, 1.165) is 6.26 Å². The molecular formula is C15H9FO4. The number of fused-ring (bicyclic) bond motifs is 1. The number of hydrogen-bond donors (Lipinski definition) is 1. The fourth-order valence-electron chi connectivity index (χ4n) is 1.82. The lowest BCUT2D eigenvalue weighted by Gasteiger charge is -2.06. The van der Waals surface area contributed by atoms with Gasteiger partial charge in [-0.25, -0.2) is 4.39 Å². The molecule has 4 nitrogen and oxygen atoms in total. The summed E-state index contributed by atoms with van der Waals surface area (Å²) in [5.74, 6) is -0.757. The Balaban J connectivity index is 2.09. The second-order valence-electron chi connectivity index (χ2n) is 4.14. The second-order valence-corrected chi connectivity index (χ2v) is 4.14. The summed E-state index contributed by atoms with van der Waals surface area (Å²) in [4.78, 5) is 12.2. The van der Waals surface area contributed by atoms with Crippen molar-refractivity contribution >= 4 is 11.0 Å². The highest BCUT2D eigenvalue weighted by atomic mass is 19.1. The van der Waals surface area contributed by atoms with Crippen molar-refractivity contribution in [2.75, 3.05) is 0 Å². The molecular weight excluding hydrogens is 263 g/mol. The number of aromatic hydroxyl groups is 1. The number of rotatable bonds is 2. The molecule has 0 amide bonds. The van der Waals surface area contributed by atoms with E-state index in [1.807, 2.05) is 0 Å². The lowest BCUT2D eigenvalue weighted by Crippen LogP contribution is -2.05. The summed E-state index contributed by atoms with van der Waals surface area (Å²) in [5.41, 5.74) is -0.203. The van der Waals surface area contributed by atoms with Crippen LogP contribution in [0.3, 0.4) is 0 Å². The largest absolute Gasteiger partial charge is 0.508 e. The summed E-state index contributed by atoms with van der Waals surface area (Å²) in [6.45, 7) is 0. The summed E-state index contributed by atoms with van der Waals surface area (Å²) in [6, 6.07) is 9.87. The monoisotopic (exact) mass is 272 g/mol. The van der Waals surface area contributed by atoms with Crippen LogP contribution in [0.1, 0.15) is 0 Å². The molecule has 5 heteroatoms. The Hall–Kier alpha value is -2.82. The van der Waals surface area contributed by atoms with E-state index in [1.165, 1.54) is 36.4 Å².